The van der Waals surface area contributed by atoms with Crippen molar-refractivity contribution in [2.24, 2.45) is 10.7 Å². The summed E-state index contributed by atoms with van der Waals surface area (Å²) in [6.07, 6.45) is 2.73. The van der Waals surface area contributed by atoms with E-state index in [9.17, 15) is 13.2 Å². The number of guanidine groups is 1. The van der Waals surface area contributed by atoms with Crippen LogP contribution in [0.15, 0.2) is 29.3 Å². The summed E-state index contributed by atoms with van der Waals surface area (Å²) in [6, 6.07) is 5.30. The van der Waals surface area contributed by atoms with Gasteiger partial charge in [-0.25, -0.2) is 4.99 Å². The molecule has 1 aromatic carbocycles. The summed E-state index contributed by atoms with van der Waals surface area (Å²) < 4.78 is 37.9. The van der Waals surface area contributed by atoms with Crippen LogP contribution < -0.4 is 11.1 Å². The fourth-order valence-corrected chi connectivity index (χ4v) is 2.72. The second-order valence-corrected chi connectivity index (χ2v) is 5.91. The summed E-state index contributed by atoms with van der Waals surface area (Å²) in [6.45, 7) is 0.155. The van der Waals surface area contributed by atoms with E-state index in [2.05, 4.69) is 22.2 Å². The first-order valence-electron chi connectivity index (χ1n) is 8.18. The van der Waals surface area contributed by atoms with E-state index in [1.807, 2.05) is 0 Å². The average molecular weight is 337 g/mol. The molecule has 0 bridgehead atoms. The Labute approximate surface area is 140 Å². The van der Waals surface area contributed by atoms with Crippen LogP contribution in [0.4, 0.5) is 13.2 Å². The van der Waals surface area contributed by atoms with Gasteiger partial charge in [-0.3, -0.25) is 0 Å². The van der Waals surface area contributed by atoms with Gasteiger partial charge in [0.2, 0.25) is 0 Å². The standard InChI is InChI=1S/C18H22F3N3/c19-18(20,21)15-9-5-7-14(13-15)8-6-12-23-17(22)24-16-10-3-1-2-4-11-16/h5,7,9,13,16H,1-4,10-12H2,(H3,22,23,24). The molecular formula is C18H22F3N3. The van der Waals surface area contributed by atoms with Crippen molar-refractivity contribution in [1.29, 1.82) is 0 Å². The lowest BCUT2D eigenvalue weighted by atomic mass is 10.1. The third kappa shape index (κ3) is 6.15. The third-order valence-electron chi connectivity index (χ3n) is 3.96. The Morgan fingerprint density at radius 3 is 2.58 bits per heavy atom. The highest BCUT2D eigenvalue weighted by molar-refractivity contribution is 5.78. The molecule has 1 aliphatic carbocycles. The SMILES string of the molecule is NC(=NCC#Cc1cccc(C(F)(F)F)c1)NC1CCCCCC1. The lowest BCUT2D eigenvalue weighted by Crippen LogP contribution is -2.39. The molecular weight excluding hydrogens is 315 g/mol. The van der Waals surface area contributed by atoms with Crippen molar-refractivity contribution in [2.75, 3.05) is 6.54 Å². The van der Waals surface area contributed by atoms with Crippen LogP contribution in [0.25, 0.3) is 0 Å². The summed E-state index contributed by atoms with van der Waals surface area (Å²) in [4.78, 5) is 4.12. The minimum absolute atomic E-state index is 0.155. The van der Waals surface area contributed by atoms with Crippen LogP contribution in [0.1, 0.15) is 49.7 Å². The first kappa shape index (κ1) is 18.2. The summed E-state index contributed by atoms with van der Waals surface area (Å²) in [7, 11) is 0. The van der Waals surface area contributed by atoms with E-state index in [4.69, 9.17) is 5.73 Å². The molecule has 0 amide bonds. The smallest absolute Gasteiger partial charge is 0.370 e. The fourth-order valence-electron chi connectivity index (χ4n) is 2.72. The van der Waals surface area contributed by atoms with Gasteiger partial charge in [-0.2, -0.15) is 13.2 Å². The molecule has 0 unspecified atom stereocenters. The zero-order chi connectivity index (χ0) is 17.4. The number of hydrogen-bond acceptors (Lipinski definition) is 1. The molecule has 2 rings (SSSR count). The zero-order valence-electron chi connectivity index (χ0n) is 13.5. The number of alkyl halides is 3. The van der Waals surface area contributed by atoms with Crippen molar-refractivity contribution in [1.82, 2.24) is 5.32 Å². The molecule has 1 fully saturated rings. The number of aliphatic imine (C=N–C) groups is 1. The van der Waals surface area contributed by atoms with Gasteiger partial charge in [0.25, 0.3) is 0 Å². The lowest BCUT2D eigenvalue weighted by molar-refractivity contribution is -0.137. The van der Waals surface area contributed by atoms with E-state index in [0.717, 1.165) is 25.0 Å². The van der Waals surface area contributed by atoms with Gasteiger partial charge in [-0.1, -0.05) is 43.6 Å². The Morgan fingerprint density at radius 2 is 1.92 bits per heavy atom. The zero-order valence-corrected chi connectivity index (χ0v) is 13.5. The van der Waals surface area contributed by atoms with Gasteiger partial charge in [-0.05, 0) is 31.0 Å². The van der Waals surface area contributed by atoms with Crippen LogP contribution >= 0.6 is 0 Å². The van der Waals surface area contributed by atoms with Crippen molar-refractivity contribution in [3.05, 3.63) is 35.4 Å². The lowest BCUT2D eigenvalue weighted by Gasteiger charge is -2.16. The number of nitrogens with one attached hydrogen (secondary N) is 1. The highest BCUT2D eigenvalue weighted by atomic mass is 19.4. The second-order valence-electron chi connectivity index (χ2n) is 5.91. The molecule has 3 nitrogen and oxygen atoms in total. The third-order valence-corrected chi connectivity index (χ3v) is 3.96. The molecule has 0 saturated heterocycles. The van der Waals surface area contributed by atoms with E-state index in [1.165, 1.54) is 31.7 Å². The van der Waals surface area contributed by atoms with Gasteiger partial charge in [0.1, 0.15) is 6.54 Å². The second kappa shape index (κ2) is 8.62. The minimum Gasteiger partial charge on any atom is -0.370 e. The van der Waals surface area contributed by atoms with Gasteiger partial charge < -0.3 is 11.1 Å². The number of benzene rings is 1. The van der Waals surface area contributed by atoms with Gasteiger partial charge >= 0.3 is 6.18 Å². The van der Waals surface area contributed by atoms with Crippen LogP contribution in [0.5, 0.6) is 0 Å². The summed E-state index contributed by atoms with van der Waals surface area (Å²) in [5.41, 5.74) is 5.45. The van der Waals surface area contributed by atoms with Crippen LogP contribution in [0.3, 0.4) is 0 Å². The Kier molecular flexibility index (Phi) is 6.53. The molecule has 0 atom stereocenters. The van der Waals surface area contributed by atoms with E-state index in [-0.39, 0.29) is 6.54 Å². The van der Waals surface area contributed by atoms with E-state index >= 15 is 0 Å². The molecule has 0 heterocycles. The van der Waals surface area contributed by atoms with Gasteiger partial charge in [0, 0.05) is 11.6 Å². The molecule has 3 N–H and O–H groups in total. The molecule has 1 aromatic rings. The maximum absolute atomic E-state index is 12.6. The summed E-state index contributed by atoms with van der Waals surface area (Å²) >= 11 is 0. The number of rotatable bonds is 2. The number of nitrogens with two attached hydrogens (primary N) is 1. The van der Waals surface area contributed by atoms with Gasteiger partial charge in [0.05, 0.1) is 5.56 Å². The molecule has 0 aliphatic heterocycles. The van der Waals surface area contributed by atoms with Crippen molar-refractivity contribution < 1.29 is 13.2 Å². The van der Waals surface area contributed by atoms with Crippen molar-refractivity contribution in [3.63, 3.8) is 0 Å². The highest BCUT2D eigenvalue weighted by Gasteiger charge is 2.30. The first-order valence-corrected chi connectivity index (χ1v) is 8.18. The van der Waals surface area contributed by atoms with Crippen molar-refractivity contribution in [3.8, 4) is 11.8 Å². The van der Waals surface area contributed by atoms with Gasteiger partial charge in [-0.15, -0.1) is 0 Å². The molecule has 0 aromatic heterocycles. The molecule has 1 aliphatic rings. The first-order chi connectivity index (χ1) is 11.4. The number of hydrogen-bond donors (Lipinski definition) is 2. The molecule has 6 heteroatoms. The predicted octanol–water partition coefficient (Wildman–Crippen LogP) is 3.68. The number of halogens is 3. The number of nitrogens with zero attached hydrogens (tertiary/aromatic N) is 1. The van der Waals surface area contributed by atoms with Gasteiger partial charge in [0.15, 0.2) is 5.96 Å². The topological polar surface area (TPSA) is 50.4 Å². The summed E-state index contributed by atoms with van der Waals surface area (Å²) in [5, 5.41) is 3.20. The van der Waals surface area contributed by atoms with Crippen LogP contribution in [-0.2, 0) is 6.18 Å². The highest BCUT2D eigenvalue weighted by Crippen LogP contribution is 2.29. The maximum Gasteiger partial charge on any atom is 0.416 e. The Balaban J connectivity index is 1.88. The summed E-state index contributed by atoms with van der Waals surface area (Å²) in [5.74, 6) is 5.77. The molecule has 0 spiro atoms. The Bertz CT molecular complexity index is 618. The van der Waals surface area contributed by atoms with E-state index < -0.39 is 11.7 Å². The minimum atomic E-state index is -4.36. The van der Waals surface area contributed by atoms with Crippen LogP contribution in [-0.4, -0.2) is 18.5 Å². The van der Waals surface area contributed by atoms with Crippen LogP contribution in [0, 0.1) is 11.8 Å². The van der Waals surface area contributed by atoms with E-state index in [0.29, 0.717) is 17.6 Å². The van der Waals surface area contributed by atoms with Crippen LogP contribution in [0.2, 0.25) is 0 Å². The average Bonchev–Trinajstić information content (AvgIpc) is 2.80. The molecule has 1 saturated carbocycles. The fraction of sp³-hybridized carbons (Fsp3) is 0.500. The maximum atomic E-state index is 12.6. The molecule has 0 radical (unpaired) electrons. The van der Waals surface area contributed by atoms with Crippen molar-refractivity contribution >= 4 is 5.96 Å². The quantitative estimate of drug-likeness (QED) is 0.374. The van der Waals surface area contributed by atoms with Crippen molar-refractivity contribution in [2.45, 2.75) is 50.7 Å². The monoisotopic (exact) mass is 337 g/mol. The largest absolute Gasteiger partial charge is 0.416 e. The molecule has 24 heavy (non-hydrogen) atoms. The Morgan fingerprint density at radius 1 is 1.21 bits per heavy atom. The Hall–Kier alpha value is -2.16. The predicted molar refractivity (Wildman–Crippen MR) is 89.4 cm³/mol. The normalized spacial score (nSPS) is 16.9. The molecule has 130 valence electrons. The van der Waals surface area contributed by atoms with E-state index in [1.54, 1.807) is 6.07 Å².